The Morgan fingerprint density at radius 2 is 2.11 bits per heavy atom. The molecule has 0 saturated carbocycles. The number of hydrogen-bond donors (Lipinski definition) is 1. The number of fused-ring (bicyclic) bond motifs is 3. The van der Waals surface area contributed by atoms with Crippen LogP contribution in [0.15, 0.2) is 60.9 Å². The van der Waals surface area contributed by atoms with E-state index in [4.69, 9.17) is 9.47 Å². The van der Waals surface area contributed by atoms with Gasteiger partial charge in [0.15, 0.2) is 0 Å². The monoisotopic (exact) mass is 360 g/mol. The average molecular weight is 360 g/mol. The van der Waals surface area contributed by atoms with E-state index in [0.717, 1.165) is 40.2 Å². The smallest absolute Gasteiger partial charge is 0.251 e. The van der Waals surface area contributed by atoms with E-state index in [2.05, 4.69) is 10.3 Å². The van der Waals surface area contributed by atoms with Gasteiger partial charge < -0.3 is 14.8 Å². The molecule has 1 N–H and O–H groups in total. The van der Waals surface area contributed by atoms with Gasteiger partial charge in [0.05, 0.1) is 7.11 Å². The van der Waals surface area contributed by atoms with Crippen molar-refractivity contribution in [3.63, 3.8) is 0 Å². The molecular formula is C22H20N2O3. The van der Waals surface area contributed by atoms with Crippen LogP contribution in [0.25, 0.3) is 11.1 Å². The van der Waals surface area contributed by atoms with E-state index >= 15 is 0 Å². The van der Waals surface area contributed by atoms with Crippen LogP contribution in [0.4, 0.5) is 0 Å². The van der Waals surface area contributed by atoms with Gasteiger partial charge in [-0.1, -0.05) is 12.1 Å². The van der Waals surface area contributed by atoms with Crippen LogP contribution in [0, 0.1) is 0 Å². The number of amides is 1. The molecule has 2 aromatic carbocycles. The Labute approximate surface area is 158 Å². The summed E-state index contributed by atoms with van der Waals surface area (Å²) in [6.45, 7) is 1.02. The number of nitrogens with zero attached hydrogens (tertiary/aromatic N) is 1. The van der Waals surface area contributed by atoms with E-state index in [1.807, 2.05) is 48.7 Å². The summed E-state index contributed by atoms with van der Waals surface area (Å²) < 4.78 is 11.0. The lowest BCUT2D eigenvalue weighted by Gasteiger charge is -2.20. The van der Waals surface area contributed by atoms with Gasteiger partial charge in [-0.15, -0.1) is 0 Å². The molecule has 2 heterocycles. The van der Waals surface area contributed by atoms with Crippen molar-refractivity contribution in [1.82, 2.24) is 10.3 Å². The Hall–Kier alpha value is -3.34. The molecule has 0 aliphatic carbocycles. The third-order valence-corrected chi connectivity index (χ3v) is 4.65. The van der Waals surface area contributed by atoms with Gasteiger partial charge in [-0.3, -0.25) is 9.78 Å². The van der Waals surface area contributed by atoms with Crippen molar-refractivity contribution < 1.29 is 14.3 Å². The Bertz CT molecular complexity index is 985. The molecule has 4 rings (SSSR count). The first-order valence-electron chi connectivity index (χ1n) is 8.86. The molecule has 1 aliphatic heterocycles. The summed E-state index contributed by atoms with van der Waals surface area (Å²) >= 11 is 0. The molecule has 1 aromatic heterocycles. The second-order valence-electron chi connectivity index (χ2n) is 6.39. The lowest BCUT2D eigenvalue weighted by Crippen LogP contribution is -2.25. The minimum absolute atomic E-state index is 0.107. The van der Waals surface area contributed by atoms with Crippen molar-refractivity contribution in [3.05, 3.63) is 77.6 Å². The molecule has 136 valence electrons. The molecule has 0 saturated heterocycles. The number of rotatable bonds is 5. The summed E-state index contributed by atoms with van der Waals surface area (Å²) in [4.78, 5) is 16.6. The van der Waals surface area contributed by atoms with Crippen LogP contribution in [0.1, 0.15) is 21.5 Å². The molecule has 5 heteroatoms. The third kappa shape index (κ3) is 3.62. The molecule has 0 spiro atoms. The Kier molecular flexibility index (Phi) is 4.75. The van der Waals surface area contributed by atoms with Crippen molar-refractivity contribution in [2.45, 2.75) is 13.0 Å². The zero-order chi connectivity index (χ0) is 18.6. The molecule has 0 bridgehead atoms. The predicted molar refractivity (Wildman–Crippen MR) is 103 cm³/mol. The number of benzene rings is 2. The maximum atomic E-state index is 12.5. The number of aromatic nitrogens is 1. The molecule has 1 aliphatic rings. The highest BCUT2D eigenvalue weighted by atomic mass is 16.5. The van der Waals surface area contributed by atoms with Crippen molar-refractivity contribution in [3.8, 4) is 22.6 Å². The van der Waals surface area contributed by atoms with E-state index < -0.39 is 0 Å². The molecule has 27 heavy (non-hydrogen) atoms. The largest absolute Gasteiger partial charge is 0.497 e. The first-order chi connectivity index (χ1) is 13.2. The number of methoxy groups -OCH3 is 1. The zero-order valence-corrected chi connectivity index (χ0v) is 15.1. The second-order valence-corrected chi connectivity index (χ2v) is 6.39. The standard InChI is InChI=1S/C22H20N2O3/c1-26-18-4-2-3-15(11-18)7-10-24-22(25)16-5-6-20-19-8-9-23-13-17(19)14-27-21(20)12-16/h2-6,8-9,11-13H,7,10,14H2,1H3,(H,24,25). The van der Waals surface area contributed by atoms with Crippen LogP contribution in [-0.2, 0) is 13.0 Å². The van der Waals surface area contributed by atoms with E-state index in [9.17, 15) is 4.79 Å². The van der Waals surface area contributed by atoms with Gasteiger partial charge in [-0.25, -0.2) is 0 Å². The van der Waals surface area contributed by atoms with Crippen LogP contribution >= 0.6 is 0 Å². The fourth-order valence-electron chi connectivity index (χ4n) is 3.22. The fourth-order valence-corrected chi connectivity index (χ4v) is 3.22. The Morgan fingerprint density at radius 3 is 3.00 bits per heavy atom. The first kappa shape index (κ1) is 17.1. The maximum Gasteiger partial charge on any atom is 0.251 e. The first-order valence-corrected chi connectivity index (χ1v) is 8.86. The minimum atomic E-state index is -0.107. The van der Waals surface area contributed by atoms with Gasteiger partial charge in [0.2, 0.25) is 0 Å². The summed E-state index contributed by atoms with van der Waals surface area (Å²) in [5, 5.41) is 2.97. The molecule has 3 aromatic rings. The van der Waals surface area contributed by atoms with Crippen LogP contribution in [0.2, 0.25) is 0 Å². The highest BCUT2D eigenvalue weighted by molar-refractivity contribution is 5.95. The lowest BCUT2D eigenvalue weighted by atomic mass is 9.97. The molecule has 0 fully saturated rings. The molecule has 0 radical (unpaired) electrons. The van der Waals surface area contributed by atoms with E-state index in [0.29, 0.717) is 18.7 Å². The predicted octanol–water partition coefficient (Wildman–Crippen LogP) is 3.62. The van der Waals surface area contributed by atoms with Crippen molar-refractivity contribution >= 4 is 5.91 Å². The molecule has 1 amide bonds. The number of carbonyl (C=O) groups excluding carboxylic acids is 1. The Balaban J connectivity index is 1.43. The zero-order valence-electron chi connectivity index (χ0n) is 15.1. The Morgan fingerprint density at radius 1 is 1.19 bits per heavy atom. The summed E-state index contributed by atoms with van der Waals surface area (Å²) in [7, 11) is 1.65. The molecule has 5 nitrogen and oxygen atoms in total. The fraction of sp³-hybridized carbons (Fsp3) is 0.182. The summed E-state index contributed by atoms with van der Waals surface area (Å²) in [5.41, 5.74) is 4.87. The van der Waals surface area contributed by atoms with Crippen LogP contribution in [-0.4, -0.2) is 24.5 Å². The highest BCUT2D eigenvalue weighted by Gasteiger charge is 2.18. The summed E-state index contributed by atoms with van der Waals surface area (Å²) in [5.74, 6) is 1.44. The van der Waals surface area contributed by atoms with Crippen molar-refractivity contribution in [2.75, 3.05) is 13.7 Å². The number of ether oxygens (including phenoxy) is 2. The lowest BCUT2D eigenvalue weighted by molar-refractivity contribution is 0.0953. The number of hydrogen-bond acceptors (Lipinski definition) is 4. The number of carbonyl (C=O) groups is 1. The van der Waals surface area contributed by atoms with E-state index in [1.54, 1.807) is 19.4 Å². The second kappa shape index (κ2) is 7.50. The van der Waals surface area contributed by atoms with Crippen LogP contribution in [0.5, 0.6) is 11.5 Å². The molecule has 0 atom stereocenters. The number of nitrogens with one attached hydrogen (secondary N) is 1. The average Bonchev–Trinajstić information content (AvgIpc) is 2.73. The minimum Gasteiger partial charge on any atom is -0.497 e. The van der Waals surface area contributed by atoms with Gasteiger partial charge in [0, 0.05) is 35.6 Å². The molecular weight excluding hydrogens is 340 g/mol. The normalized spacial score (nSPS) is 11.7. The highest BCUT2D eigenvalue weighted by Crippen LogP contribution is 2.37. The van der Waals surface area contributed by atoms with Crippen LogP contribution in [0.3, 0.4) is 0 Å². The summed E-state index contributed by atoms with van der Waals surface area (Å²) in [6, 6.07) is 15.4. The van der Waals surface area contributed by atoms with E-state index in [-0.39, 0.29) is 5.91 Å². The van der Waals surface area contributed by atoms with Gasteiger partial charge in [-0.05, 0) is 53.9 Å². The van der Waals surface area contributed by atoms with Gasteiger partial charge in [0.25, 0.3) is 5.91 Å². The summed E-state index contributed by atoms with van der Waals surface area (Å²) in [6.07, 6.45) is 4.33. The number of pyridine rings is 1. The van der Waals surface area contributed by atoms with Gasteiger partial charge in [0.1, 0.15) is 18.1 Å². The molecule has 0 unspecified atom stereocenters. The van der Waals surface area contributed by atoms with E-state index in [1.165, 1.54) is 0 Å². The van der Waals surface area contributed by atoms with Gasteiger partial charge in [-0.2, -0.15) is 0 Å². The van der Waals surface area contributed by atoms with Crippen molar-refractivity contribution in [1.29, 1.82) is 0 Å². The SMILES string of the molecule is COc1cccc(CCNC(=O)c2ccc3c(c2)OCc2cnccc2-3)c1. The van der Waals surface area contributed by atoms with Crippen molar-refractivity contribution in [2.24, 2.45) is 0 Å². The van der Waals surface area contributed by atoms with Gasteiger partial charge >= 0.3 is 0 Å². The quantitative estimate of drug-likeness (QED) is 0.755. The van der Waals surface area contributed by atoms with Crippen LogP contribution < -0.4 is 14.8 Å². The topological polar surface area (TPSA) is 60.5 Å². The third-order valence-electron chi connectivity index (χ3n) is 4.65. The maximum absolute atomic E-state index is 12.5.